The molecule has 1 aromatic carbocycles. The topological polar surface area (TPSA) is 67.1 Å². The molecule has 0 amide bonds. The number of hydrogen-bond donors (Lipinski definition) is 2. The van der Waals surface area contributed by atoms with Crippen LogP contribution in [-0.4, -0.2) is 33.3 Å². The molecule has 1 heterocycles. The number of aromatic nitrogens is 3. The van der Waals surface area contributed by atoms with Crippen molar-refractivity contribution in [3.63, 3.8) is 0 Å². The van der Waals surface area contributed by atoms with Crippen LogP contribution in [0.5, 0.6) is 0 Å². The molecule has 154 valence electrons. The van der Waals surface area contributed by atoms with Gasteiger partial charge in [-0.1, -0.05) is 18.9 Å². The molecule has 0 radical (unpaired) electrons. The van der Waals surface area contributed by atoms with Gasteiger partial charge < -0.3 is 15.2 Å². The Labute approximate surface area is 183 Å². The van der Waals surface area contributed by atoms with Crippen LogP contribution in [-0.2, 0) is 20.0 Å². The molecule has 6 nitrogen and oxygen atoms in total. The number of hydrogen-bond acceptors (Lipinski definition) is 3. The predicted molar refractivity (Wildman–Crippen MR) is 121 cm³/mol. The number of aliphatic imine (C=N–C) groups is 1. The van der Waals surface area contributed by atoms with Gasteiger partial charge in [-0.2, -0.15) is 0 Å². The molecule has 2 aromatic rings. The van der Waals surface area contributed by atoms with Gasteiger partial charge in [0, 0.05) is 19.6 Å². The molecular weight excluding hydrogens is 470 g/mol. The lowest BCUT2D eigenvalue weighted by Gasteiger charge is -2.17. The molecule has 8 heteroatoms. The Balaban J connectivity index is 0.00000280. The molecule has 2 N–H and O–H groups in total. The van der Waals surface area contributed by atoms with Crippen molar-refractivity contribution in [3.8, 4) is 0 Å². The van der Waals surface area contributed by atoms with Crippen LogP contribution in [0.15, 0.2) is 23.2 Å². The maximum absolute atomic E-state index is 13.3. The summed E-state index contributed by atoms with van der Waals surface area (Å²) in [6.45, 7) is 5.10. The van der Waals surface area contributed by atoms with Gasteiger partial charge in [0.2, 0.25) is 0 Å². The lowest BCUT2D eigenvalue weighted by molar-refractivity contribution is 0.609. The molecule has 0 bridgehead atoms. The van der Waals surface area contributed by atoms with Crippen LogP contribution in [0.25, 0.3) is 0 Å². The Kier molecular flexibility index (Phi) is 8.65. The van der Waals surface area contributed by atoms with Crippen LogP contribution in [0, 0.1) is 19.7 Å². The summed E-state index contributed by atoms with van der Waals surface area (Å²) in [4.78, 5) is 4.71. The fraction of sp³-hybridized carbons (Fsp3) is 0.550. The molecule has 0 atom stereocenters. The lowest BCUT2D eigenvalue weighted by Crippen LogP contribution is -2.43. The molecule has 28 heavy (non-hydrogen) atoms. The first-order valence-electron chi connectivity index (χ1n) is 9.67. The summed E-state index contributed by atoms with van der Waals surface area (Å²) in [5.41, 5.74) is 2.13. The van der Waals surface area contributed by atoms with Gasteiger partial charge in [-0.15, -0.1) is 34.2 Å². The van der Waals surface area contributed by atoms with E-state index in [0.717, 1.165) is 41.7 Å². The number of aryl methyl sites for hydroxylation is 2. The first kappa shape index (κ1) is 22.6. The van der Waals surface area contributed by atoms with Crippen molar-refractivity contribution in [2.24, 2.45) is 12.0 Å². The van der Waals surface area contributed by atoms with Crippen molar-refractivity contribution in [1.82, 2.24) is 25.4 Å². The average Bonchev–Trinajstić information content (AvgIpc) is 3.26. The van der Waals surface area contributed by atoms with Crippen molar-refractivity contribution in [1.29, 1.82) is 0 Å². The molecule has 0 spiro atoms. The minimum absolute atomic E-state index is 0. The Morgan fingerprint density at radius 3 is 2.64 bits per heavy atom. The summed E-state index contributed by atoms with van der Waals surface area (Å²) >= 11 is 0. The molecule has 1 aromatic heterocycles. The third-order valence-corrected chi connectivity index (χ3v) is 5.25. The Morgan fingerprint density at radius 2 is 2.00 bits per heavy atom. The first-order chi connectivity index (χ1) is 13.0. The van der Waals surface area contributed by atoms with Crippen LogP contribution >= 0.6 is 24.0 Å². The molecule has 3 rings (SSSR count). The minimum atomic E-state index is -0.187. The second-order valence-corrected chi connectivity index (χ2v) is 7.26. The van der Waals surface area contributed by atoms with Crippen molar-refractivity contribution in [2.45, 2.75) is 58.5 Å². The number of rotatable bonds is 6. The normalized spacial score (nSPS) is 14.8. The van der Waals surface area contributed by atoms with Gasteiger partial charge in [0.25, 0.3) is 0 Å². The van der Waals surface area contributed by atoms with Crippen molar-refractivity contribution in [2.75, 3.05) is 6.54 Å². The predicted octanol–water partition coefficient (Wildman–Crippen LogP) is 3.41. The van der Waals surface area contributed by atoms with Gasteiger partial charge in [-0.25, -0.2) is 9.38 Å². The van der Waals surface area contributed by atoms with Crippen LogP contribution in [0.3, 0.4) is 0 Å². The second-order valence-electron chi connectivity index (χ2n) is 7.26. The molecule has 0 saturated heterocycles. The molecule has 1 fully saturated rings. The summed E-state index contributed by atoms with van der Waals surface area (Å²) in [6.07, 6.45) is 5.71. The van der Waals surface area contributed by atoms with E-state index in [1.165, 1.54) is 31.7 Å². The molecule has 1 saturated carbocycles. The van der Waals surface area contributed by atoms with E-state index < -0.39 is 0 Å². The summed E-state index contributed by atoms with van der Waals surface area (Å²) in [7, 11) is 1.95. The van der Waals surface area contributed by atoms with Gasteiger partial charge in [0.15, 0.2) is 11.8 Å². The fourth-order valence-corrected chi connectivity index (χ4v) is 3.41. The highest BCUT2D eigenvalue weighted by atomic mass is 127. The van der Waals surface area contributed by atoms with E-state index in [-0.39, 0.29) is 29.8 Å². The maximum Gasteiger partial charge on any atom is 0.191 e. The van der Waals surface area contributed by atoms with Crippen molar-refractivity contribution in [3.05, 3.63) is 46.8 Å². The van der Waals surface area contributed by atoms with Crippen LogP contribution in [0.4, 0.5) is 4.39 Å². The van der Waals surface area contributed by atoms with E-state index in [1.807, 2.05) is 31.5 Å². The zero-order valence-electron chi connectivity index (χ0n) is 16.8. The quantitative estimate of drug-likeness (QED) is 0.363. The van der Waals surface area contributed by atoms with E-state index >= 15 is 0 Å². The standard InChI is InChI=1S/C20H29FN6.HI/c1-14-12-17(21)9-8-16(14)10-11-22-20(24-18-6-4-5-7-18)23-13-19-26-25-15(2)27(19)3;/h8-9,12,18H,4-7,10-11,13H2,1-3H3,(H2,22,23,24);1H. The van der Waals surface area contributed by atoms with Gasteiger partial charge in [-0.05, 0) is 56.4 Å². The molecule has 0 aliphatic heterocycles. The molecule has 1 aliphatic carbocycles. The van der Waals surface area contributed by atoms with Crippen molar-refractivity contribution >= 4 is 29.9 Å². The Morgan fingerprint density at radius 1 is 1.25 bits per heavy atom. The second kappa shape index (κ2) is 10.7. The smallest absolute Gasteiger partial charge is 0.191 e. The van der Waals surface area contributed by atoms with Gasteiger partial charge >= 0.3 is 0 Å². The van der Waals surface area contributed by atoms with E-state index in [0.29, 0.717) is 12.6 Å². The minimum Gasteiger partial charge on any atom is -0.356 e. The van der Waals surface area contributed by atoms with E-state index in [4.69, 9.17) is 4.99 Å². The summed E-state index contributed by atoms with van der Waals surface area (Å²) < 4.78 is 15.2. The number of guanidine groups is 1. The third-order valence-electron chi connectivity index (χ3n) is 5.25. The molecular formula is C20H30FIN6. The zero-order valence-corrected chi connectivity index (χ0v) is 19.2. The van der Waals surface area contributed by atoms with Gasteiger partial charge in [0.1, 0.15) is 18.2 Å². The average molecular weight is 500 g/mol. The lowest BCUT2D eigenvalue weighted by atomic mass is 10.1. The Bertz CT molecular complexity index is 798. The summed E-state index contributed by atoms with van der Waals surface area (Å²) in [6, 6.07) is 5.43. The summed E-state index contributed by atoms with van der Waals surface area (Å²) in [5.74, 6) is 2.34. The van der Waals surface area contributed by atoms with Crippen LogP contribution in [0.2, 0.25) is 0 Å². The highest BCUT2D eigenvalue weighted by Crippen LogP contribution is 2.17. The molecule has 0 unspecified atom stereocenters. The Hall–Kier alpha value is -1.71. The zero-order chi connectivity index (χ0) is 19.2. The SMILES string of the molecule is Cc1cc(F)ccc1CCNC(=NCc1nnc(C)n1C)NC1CCCC1.I. The van der Waals surface area contributed by atoms with Crippen LogP contribution in [0.1, 0.15) is 48.5 Å². The number of nitrogens with zero attached hydrogens (tertiary/aromatic N) is 4. The summed E-state index contributed by atoms with van der Waals surface area (Å²) in [5, 5.41) is 15.2. The van der Waals surface area contributed by atoms with E-state index in [1.54, 1.807) is 6.07 Å². The third kappa shape index (κ3) is 6.15. The first-order valence-corrected chi connectivity index (χ1v) is 9.67. The number of nitrogens with one attached hydrogen (secondary N) is 2. The monoisotopic (exact) mass is 500 g/mol. The van der Waals surface area contributed by atoms with E-state index in [9.17, 15) is 4.39 Å². The number of benzene rings is 1. The van der Waals surface area contributed by atoms with E-state index in [2.05, 4.69) is 20.8 Å². The van der Waals surface area contributed by atoms with Gasteiger partial charge in [-0.3, -0.25) is 0 Å². The highest BCUT2D eigenvalue weighted by molar-refractivity contribution is 14.0. The fourth-order valence-electron chi connectivity index (χ4n) is 3.41. The molecule has 1 aliphatic rings. The van der Waals surface area contributed by atoms with Crippen LogP contribution < -0.4 is 10.6 Å². The van der Waals surface area contributed by atoms with Crippen molar-refractivity contribution < 1.29 is 4.39 Å². The number of halogens is 2. The largest absolute Gasteiger partial charge is 0.356 e. The van der Waals surface area contributed by atoms with Gasteiger partial charge in [0.05, 0.1) is 0 Å². The highest BCUT2D eigenvalue weighted by Gasteiger charge is 2.16. The maximum atomic E-state index is 13.3.